The van der Waals surface area contributed by atoms with Gasteiger partial charge < -0.3 is 5.32 Å². The van der Waals surface area contributed by atoms with Crippen molar-refractivity contribution in [1.29, 1.82) is 0 Å². The number of carbonyl (C=O) groups excluding carboxylic acids is 1. The zero-order valence-corrected chi connectivity index (χ0v) is 11.5. The van der Waals surface area contributed by atoms with Crippen LogP contribution in [0.2, 0.25) is 0 Å². The summed E-state index contributed by atoms with van der Waals surface area (Å²) < 4.78 is 26.2. The molecule has 0 saturated heterocycles. The molecule has 18 heavy (non-hydrogen) atoms. The van der Waals surface area contributed by atoms with Gasteiger partial charge in [0.05, 0.1) is 4.90 Å². The molecule has 0 aliphatic carbocycles. The van der Waals surface area contributed by atoms with Gasteiger partial charge in [-0.05, 0) is 38.1 Å². The van der Waals surface area contributed by atoms with Gasteiger partial charge in [0, 0.05) is 18.2 Å². The van der Waals surface area contributed by atoms with E-state index in [0.29, 0.717) is 12.1 Å². The number of hydrogen-bond acceptors (Lipinski definition) is 3. The molecule has 0 bridgehead atoms. The van der Waals surface area contributed by atoms with Crippen molar-refractivity contribution in [3.63, 3.8) is 0 Å². The first-order valence-electron chi connectivity index (χ1n) is 5.77. The van der Waals surface area contributed by atoms with Crippen LogP contribution in [0.3, 0.4) is 0 Å². The predicted octanol–water partition coefficient (Wildman–Crippen LogP) is 1.72. The summed E-state index contributed by atoms with van der Waals surface area (Å²) in [4.78, 5) is 11.4. The number of hydrogen-bond donors (Lipinski definition) is 2. The summed E-state index contributed by atoms with van der Waals surface area (Å²) >= 11 is 0. The predicted molar refractivity (Wildman–Crippen MR) is 70.8 cm³/mol. The Morgan fingerprint density at radius 1 is 1.22 bits per heavy atom. The normalized spacial score (nSPS) is 11.6. The molecule has 5 nitrogen and oxygen atoms in total. The number of nitrogens with one attached hydrogen (secondary N) is 2. The van der Waals surface area contributed by atoms with E-state index >= 15 is 0 Å². The van der Waals surface area contributed by atoms with Crippen LogP contribution in [0.4, 0.5) is 5.69 Å². The van der Waals surface area contributed by atoms with E-state index in [1.807, 2.05) is 0 Å². The van der Waals surface area contributed by atoms with Gasteiger partial charge in [0.15, 0.2) is 0 Å². The lowest BCUT2D eigenvalue weighted by Gasteiger charge is -2.10. The molecule has 0 radical (unpaired) electrons. The standard InChI is InChI=1S/C12H18N2O3S/c1-4-12(15)13-10-5-7-11(8-6-10)18(16,17)14-9(2)3/h5-9,14H,4H2,1-3H3,(H,13,15). The molecular formula is C12H18N2O3S. The summed E-state index contributed by atoms with van der Waals surface area (Å²) in [6.45, 7) is 5.27. The Morgan fingerprint density at radius 2 is 1.78 bits per heavy atom. The number of rotatable bonds is 5. The Labute approximate surface area is 108 Å². The lowest BCUT2D eigenvalue weighted by atomic mass is 10.3. The van der Waals surface area contributed by atoms with E-state index in [2.05, 4.69) is 10.0 Å². The highest BCUT2D eigenvalue weighted by Crippen LogP contribution is 2.14. The van der Waals surface area contributed by atoms with Crippen molar-refractivity contribution in [1.82, 2.24) is 4.72 Å². The van der Waals surface area contributed by atoms with Crippen LogP contribution in [0.5, 0.6) is 0 Å². The van der Waals surface area contributed by atoms with Crippen molar-refractivity contribution in [3.05, 3.63) is 24.3 Å². The van der Waals surface area contributed by atoms with Crippen molar-refractivity contribution in [2.45, 2.75) is 38.1 Å². The Kier molecular flexibility index (Phi) is 4.86. The highest BCUT2D eigenvalue weighted by Gasteiger charge is 2.14. The van der Waals surface area contributed by atoms with Gasteiger partial charge in [0.1, 0.15) is 0 Å². The van der Waals surface area contributed by atoms with Crippen LogP contribution in [-0.4, -0.2) is 20.4 Å². The average molecular weight is 270 g/mol. The van der Waals surface area contributed by atoms with Gasteiger partial charge in [-0.3, -0.25) is 4.79 Å². The van der Waals surface area contributed by atoms with Gasteiger partial charge in [0.2, 0.25) is 15.9 Å². The molecule has 0 saturated carbocycles. The second-order valence-corrected chi connectivity index (χ2v) is 5.92. The summed E-state index contributed by atoms with van der Waals surface area (Å²) in [5.41, 5.74) is 0.588. The molecule has 0 aliphatic rings. The SMILES string of the molecule is CCC(=O)Nc1ccc(S(=O)(=O)NC(C)C)cc1. The maximum atomic E-state index is 11.8. The van der Waals surface area contributed by atoms with Gasteiger partial charge >= 0.3 is 0 Å². The molecule has 1 amide bonds. The molecule has 0 aromatic heterocycles. The third-order valence-corrected chi connectivity index (χ3v) is 3.83. The van der Waals surface area contributed by atoms with Crippen LogP contribution in [-0.2, 0) is 14.8 Å². The molecule has 100 valence electrons. The molecule has 0 atom stereocenters. The van der Waals surface area contributed by atoms with E-state index in [0.717, 1.165) is 0 Å². The number of amides is 1. The third kappa shape index (κ3) is 4.12. The number of benzene rings is 1. The van der Waals surface area contributed by atoms with Crippen LogP contribution in [0.1, 0.15) is 27.2 Å². The van der Waals surface area contributed by atoms with Gasteiger partial charge in [-0.2, -0.15) is 0 Å². The molecule has 0 fully saturated rings. The molecule has 0 aliphatic heterocycles. The van der Waals surface area contributed by atoms with E-state index in [9.17, 15) is 13.2 Å². The van der Waals surface area contributed by atoms with Gasteiger partial charge in [-0.25, -0.2) is 13.1 Å². The average Bonchev–Trinajstić information content (AvgIpc) is 2.28. The molecule has 0 spiro atoms. The molecule has 6 heteroatoms. The Bertz CT molecular complexity index is 507. The van der Waals surface area contributed by atoms with Crippen molar-refractivity contribution in [3.8, 4) is 0 Å². The fourth-order valence-corrected chi connectivity index (χ4v) is 2.60. The third-order valence-electron chi connectivity index (χ3n) is 2.16. The smallest absolute Gasteiger partial charge is 0.240 e. The number of carbonyl (C=O) groups is 1. The zero-order chi connectivity index (χ0) is 13.8. The molecule has 1 aromatic carbocycles. The van der Waals surface area contributed by atoms with Crippen molar-refractivity contribution < 1.29 is 13.2 Å². The second-order valence-electron chi connectivity index (χ2n) is 4.20. The summed E-state index contributed by atoms with van der Waals surface area (Å²) in [5.74, 6) is -0.106. The lowest BCUT2D eigenvalue weighted by molar-refractivity contribution is -0.115. The highest BCUT2D eigenvalue weighted by atomic mass is 32.2. The fourth-order valence-electron chi connectivity index (χ4n) is 1.35. The Balaban J connectivity index is 2.86. The first kappa shape index (κ1) is 14.7. The zero-order valence-electron chi connectivity index (χ0n) is 10.7. The largest absolute Gasteiger partial charge is 0.326 e. The van der Waals surface area contributed by atoms with Crippen LogP contribution in [0, 0.1) is 0 Å². The van der Waals surface area contributed by atoms with Crippen LogP contribution >= 0.6 is 0 Å². The second kappa shape index (κ2) is 5.97. The fraction of sp³-hybridized carbons (Fsp3) is 0.417. The minimum atomic E-state index is -3.47. The van der Waals surface area contributed by atoms with E-state index in [4.69, 9.17) is 0 Å². The summed E-state index contributed by atoms with van der Waals surface area (Å²) in [6.07, 6.45) is 0.384. The number of sulfonamides is 1. The van der Waals surface area contributed by atoms with E-state index in [1.54, 1.807) is 32.9 Å². The topological polar surface area (TPSA) is 75.3 Å². The molecule has 0 unspecified atom stereocenters. The summed E-state index contributed by atoms with van der Waals surface area (Å²) in [7, 11) is -3.47. The van der Waals surface area contributed by atoms with Gasteiger partial charge in [0.25, 0.3) is 0 Å². The van der Waals surface area contributed by atoms with E-state index in [-0.39, 0.29) is 16.8 Å². The van der Waals surface area contributed by atoms with Crippen molar-refractivity contribution >= 4 is 21.6 Å². The van der Waals surface area contributed by atoms with Gasteiger partial charge in [-0.1, -0.05) is 6.92 Å². The lowest BCUT2D eigenvalue weighted by Crippen LogP contribution is -2.30. The van der Waals surface area contributed by atoms with Gasteiger partial charge in [-0.15, -0.1) is 0 Å². The minimum Gasteiger partial charge on any atom is -0.326 e. The van der Waals surface area contributed by atoms with Crippen molar-refractivity contribution in [2.24, 2.45) is 0 Å². The van der Waals surface area contributed by atoms with E-state index < -0.39 is 10.0 Å². The molecular weight excluding hydrogens is 252 g/mol. The maximum absolute atomic E-state index is 11.8. The van der Waals surface area contributed by atoms with Crippen LogP contribution in [0.15, 0.2) is 29.2 Å². The summed E-state index contributed by atoms with van der Waals surface area (Å²) in [5, 5.41) is 2.66. The van der Waals surface area contributed by atoms with Crippen LogP contribution < -0.4 is 10.0 Å². The summed E-state index contributed by atoms with van der Waals surface area (Å²) in [6, 6.07) is 5.92. The van der Waals surface area contributed by atoms with E-state index in [1.165, 1.54) is 12.1 Å². The molecule has 2 N–H and O–H groups in total. The monoisotopic (exact) mass is 270 g/mol. The first-order chi connectivity index (χ1) is 8.35. The minimum absolute atomic E-state index is 0.106. The molecule has 1 rings (SSSR count). The van der Waals surface area contributed by atoms with Crippen LogP contribution in [0.25, 0.3) is 0 Å². The first-order valence-corrected chi connectivity index (χ1v) is 7.25. The highest BCUT2D eigenvalue weighted by molar-refractivity contribution is 7.89. The maximum Gasteiger partial charge on any atom is 0.240 e. The molecule has 0 heterocycles. The molecule has 1 aromatic rings. The number of anilines is 1. The van der Waals surface area contributed by atoms with Crippen molar-refractivity contribution in [2.75, 3.05) is 5.32 Å². The Morgan fingerprint density at radius 3 is 2.22 bits per heavy atom. The quantitative estimate of drug-likeness (QED) is 0.855. The Hall–Kier alpha value is -1.40.